The van der Waals surface area contributed by atoms with E-state index >= 15 is 0 Å². The molecule has 2 heteroatoms. The van der Waals surface area contributed by atoms with Crippen molar-refractivity contribution in [2.75, 3.05) is 0 Å². The molecule has 0 heterocycles. The molecule has 0 N–H and O–H groups in total. The molecule has 1 aromatic rings. The van der Waals surface area contributed by atoms with Crippen molar-refractivity contribution < 1.29 is 0 Å². The minimum absolute atomic E-state index is 0. The molecule has 17 heavy (non-hydrogen) atoms. The average Bonchev–Trinajstić information content (AvgIpc) is 2.77. The molecule has 1 aliphatic carbocycles. The van der Waals surface area contributed by atoms with Gasteiger partial charge >= 0.3 is 29.6 Å². The Morgan fingerprint density at radius 2 is 1.59 bits per heavy atom. The van der Waals surface area contributed by atoms with Crippen LogP contribution in [0.15, 0.2) is 30.3 Å². The molecule has 0 amide bonds. The molecule has 2 rings (SSSR count). The Balaban J connectivity index is 0.00000144. The second-order valence-electron chi connectivity index (χ2n) is 4.89. The van der Waals surface area contributed by atoms with Gasteiger partial charge in [-0.05, 0) is 16.7 Å². The van der Waals surface area contributed by atoms with Crippen molar-refractivity contribution in [3.63, 3.8) is 0 Å². The van der Waals surface area contributed by atoms with Gasteiger partial charge in [0.25, 0.3) is 0 Å². The van der Waals surface area contributed by atoms with Gasteiger partial charge < -0.3 is 0 Å². The van der Waals surface area contributed by atoms with E-state index in [2.05, 4.69) is 57.2 Å². The van der Waals surface area contributed by atoms with Gasteiger partial charge in [0, 0.05) is 0 Å². The van der Waals surface area contributed by atoms with Gasteiger partial charge in [0.2, 0.25) is 0 Å². The Hall–Kier alpha value is 0.177. The van der Waals surface area contributed by atoms with Gasteiger partial charge in [-0.3, -0.25) is 0 Å². The first-order valence-corrected chi connectivity index (χ1v) is 9.24. The Kier molecular flexibility index (Phi) is 5.71. The summed E-state index contributed by atoms with van der Waals surface area (Å²) in [7, 11) is -1.12. The first-order chi connectivity index (χ1) is 7.77. The number of fused-ring (bicyclic) bond motifs is 1. The van der Waals surface area contributed by atoms with Gasteiger partial charge in [-0.1, -0.05) is 75.3 Å². The molecule has 1 unspecified atom stereocenters. The third-order valence-corrected chi connectivity index (χ3v) is 10.6. The topological polar surface area (TPSA) is 0 Å². The van der Waals surface area contributed by atoms with Gasteiger partial charge in [0.05, 0.1) is 8.07 Å². The molecule has 0 saturated carbocycles. The molecule has 0 fully saturated rings. The van der Waals surface area contributed by atoms with Crippen molar-refractivity contribution in [2.24, 2.45) is 0 Å². The minimum atomic E-state index is -1.12. The van der Waals surface area contributed by atoms with E-state index in [9.17, 15) is 0 Å². The Morgan fingerprint density at radius 1 is 1.00 bits per heavy atom. The van der Waals surface area contributed by atoms with Gasteiger partial charge in [0.15, 0.2) is 0 Å². The zero-order valence-corrected chi connectivity index (χ0v) is 11.7. The van der Waals surface area contributed by atoms with E-state index in [-0.39, 0.29) is 29.6 Å². The monoisotopic (exact) mass is 254 g/mol. The van der Waals surface area contributed by atoms with Crippen LogP contribution in [0.4, 0.5) is 0 Å². The molecule has 0 spiro atoms. The van der Waals surface area contributed by atoms with E-state index in [4.69, 9.17) is 0 Å². The van der Waals surface area contributed by atoms with Crippen molar-refractivity contribution in [2.45, 2.75) is 44.4 Å². The predicted molar refractivity (Wildman–Crippen MR) is 82.6 cm³/mol. The number of hydrogen-bond acceptors (Lipinski definition) is 0. The molecular weight excluding hydrogens is 231 g/mol. The van der Waals surface area contributed by atoms with E-state index in [0.717, 1.165) is 5.54 Å². The molecule has 1 aliphatic rings. The third kappa shape index (κ3) is 2.63. The fourth-order valence-electron chi connectivity index (χ4n) is 3.19. The van der Waals surface area contributed by atoms with E-state index in [1.165, 1.54) is 23.7 Å². The second-order valence-corrected chi connectivity index (χ2v) is 10.4. The van der Waals surface area contributed by atoms with Crippen LogP contribution in [0.2, 0.25) is 18.1 Å². The van der Waals surface area contributed by atoms with Gasteiger partial charge in [-0.2, -0.15) is 0 Å². The summed E-state index contributed by atoms with van der Waals surface area (Å²) in [5.41, 5.74) is 3.82. The Bertz CT molecular complexity index is 385. The molecule has 0 aliphatic heterocycles. The van der Waals surface area contributed by atoms with Crippen molar-refractivity contribution in [1.29, 1.82) is 0 Å². The summed E-state index contributed by atoms with van der Waals surface area (Å²) in [5.74, 6) is 0. The van der Waals surface area contributed by atoms with Crippen LogP contribution in [0.5, 0.6) is 0 Å². The van der Waals surface area contributed by atoms with Crippen molar-refractivity contribution >= 4 is 43.7 Å². The van der Waals surface area contributed by atoms with Crippen LogP contribution in [0.1, 0.15) is 37.4 Å². The average molecular weight is 254 g/mol. The van der Waals surface area contributed by atoms with Crippen LogP contribution in [-0.4, -0.2) is 37.6 Å². The molecule has 1 aromatic carbocycles. The van der Waals surface area contributed by atoms with Gasteiger partial charge in [-0.25, -0.2) is 0 Å². The summed E-state index contributed by atoms with van der Waals surface area (Å²) in [6.07, 6.45) is 4.82. The normalized spacial score (nSPS) is 17.7. The van der Waals surface area contributed by atoms with Gasteiger partial charge in [-0.15, -0.1) is 0 Å². The van der Waals surface area contributed by atoms with Crippen LogP contribution in [0.3, 0.4) is 0 Å². The quantitative estimate of drug-likeness (QED) is 0.707. The van der Waals surface area contributed by atoms with Crippen LogP contribution in [0.25, 0.3) is 6.08 Å². The van der Waals surface area contributed by atoms with E-state index in [1.807, 2.05) is 0 Å². The van der Waals surface area contributed by atoms with E-state index in [1.54, 1.807) is 5.56 Å². The van der Waals surface area contributed by atoms with Crippen LogP contribution < -0.4 is 0 Å². The van der Waals surface area contributed by atoms with Crippen molar-refractivity contribution in [1.82, 2.24) is 0 Å². The molecule has 1 atom stereocenters. The molecule has 0 aromatic heterocycles. The maximum atomic E-state index is 2.48. The fourth-order valence-corrected chi connectivity index (χ4v) is 7.44. The van der Waals surface area contributed by atoms with Crippen molar-refractivity contribution in [3.8, 4) is 0 Å². The second kappa shape index (κ2) is 6.37. The summed E-state index contributed by atoms with van der Waals surface area (Å²) < 4.78 is 0. The van der Waals surface area contributed by atoms with Crippen LogP contribution in [-0.2, 0) is 0 Å². The number of allylic oxidation sites excluding steroid dienone is 1. The first kappa shape index (κ1) is 15.2. The summed E-state index contributed by atoms with van der Waals surface area (Å²) in [6.45, 7) is 7.19. The van der Waals surface area contributed by atoms with Crippen LogP contribution >= 0.6 is 0 Å². The Morgan fingerprint density at radius 3 is 2.18 bits per heavy atom. The molecular formula is C15H23NaSi. The van der Waals surface area contributed by atoms with E-state index in [0.29, 0.717) is 0 Å². The van der Waals surface area contributed by atoms with E-state index < -0.39 is 8.07 Å². The number of rotatable bonds is 4. The molecule has 0 nitrogen and oxygen atoms in total. The first-order valence-electron chi connectivity index (χ1n) is 6.54. The zero-order chi connectivity index (χ0) is 11.6. The number of benzene rings is 1. The van der Waals surface area contributed by atoms with Crippen LogP contribution in [0, 0.1) is 0 Å². The standard InChI is InChI=1S/C15H22Si.Na.H/c1-4-16(5-2,6-3)15-12-11-13-9-7-8-10-14(13)15;;/h7-12,15H,4-6H2,1-3H3;;. The summed E-state index contributed by atoms with van der Waals surface area (Å²) in [4.78, 5) is 0. The predicted octanol–water partition coefficient (Wildman–Crippen LogP) is 4.20. The summed E-state index contributed by atoms with van der Waals surface area (Å²) in [5, 5.41) is 0. The summed E-state index contributed by atoms with van der Waals surface area (Å²) in [6, 6.07) is 13.2. The molecule has 0 saturated heterocycles. The maximum absolute atomic E-state index is 2.48. The van der Waals surface area contributed by atoms with Gasteiger partial charge in [0.1, 0.15) is 0 Å². The Labute approximate surface area is 129 Å². The number of hydrogen-bond donors (Lipinski definition) is 0. The fraction of sp³-hybridized carbons (Fsp3) is 0.467. The SMILES string of the molecule is CC[Si](CC)(CC)C1C=Cc2ccccc21.[NaH]. The zero-order valence-electron chi connectivity index (χ0n) is 10.7. The molecule has 0 radical (unpaired) electrons. The summed E-state index contributed by atoms with van der Waals surface area (Å²) >= 11 is 0. The molecule has 88 valence electrons. The molecule has 0 bridgehead atoms. The third-order valence-electron chi connectivity index (χ3n) is 4.57. The van der Waals surface area contributed by atoms with Crippen molar-refractivity contribution in [3.05, 3.63) is 41.5 Å².